The van der Waals surface area contributed by atoms with Crippen LogP contribution >= 0.6 is 0 Å². The van der Waals surface area contributed by atoms with Crippen molar-refractivity contribution in [3.05, 3.63) is 23.8 Å². The largest absolute Gasteiger partial charge is 0.497 e. The lowest BCUT2D eigenvalue weighted by atomic mass is 9.80. The number of ether oxygens (including phenoxy) is 2. The average molecular weight is 291 g/mol. The van der Waals surface area contributed by atoms with Gasteiger partial charge in [0.15, 0.2) is 0 Å². The van der Waals surface area contributed by atoms with Gasteiger partial charge in [-0.3, -0.25) is 0 Å². The molecule has 118 valence electrons. The van der Waals surface area contributed by atoms with Gasteiger partial charge in [-0.15, -0.1) is 0 Å². The van der Waals surface area contributed by atoms with E-state index in [0.29, 0.717) is 12.0 Å². The van der Waals surface area contributed by atoms with Crippen molar-refractivity contribution in [2.75, 3.05) is 20.8 Å². The monoisotopic (exact) mass is 291 g/mol. The molecule has 1 atom stereocenters. The molecule has 1 aromatic rings. The topological polar surface area (TPSA) is 30.5 Å². The Morgan fingerprint density at radius 1 is 1.14 bits per heavy atom. The highest BCUT2D eigenvalue weighted by molar-refractivity contribution is 5.42. The maximum atomic E-state index is 5.62. The van der Waals surface area contributed by atoms with Crippen LogP contribution in [-0.4, -0.2) is 20.8 Å². The van der Waals surface area contributed by atoms with E-state index in [4.69, 9.17) is 9.47 Å². The summed E-state index contributed by atoms with van der Waals surface area (Å²) in [6.07, 6.45) is 7.88. The summed E-state index contributed by atoms with van der Waals surface area (Å²) in [5, 5.41) is 3.75. The maximum Gasteiger partial charge on any atom is 0.127 e. The molecular formula is C18H29NO2. The number of hydrogen-bond donors (Lipinski definition) is 1. The second kappa shape index (κ2) is 8.28. The zero-order valence-corrected chi connectivity index (χ0v) is 13.7. The van der Waals surface area contributed by atoms with Gasteiger partial charge in [-0.25, -0.2) is 0 Å². The minimum Gasteiger partial charge on any atom is -0.497 e. The molecule has 0 aliphatic heterocycles. The van der Waals surface area contributed by atoms with Gasteiger partial charge < -0.3 is 14.8 Å². The van der Waals surface area contributed by atoms with Crippen LogP contribution in [0.1, 0.15) is 57.1 Å². The average Bonchev–Trinajstić information content (AvgIpc) is 2.56. The van der Waals surface area contributed by atoms with Gasteiger partial charge in [0, 0.05) is 17.7 Å². The fraction of sp³-hybridized carbons (Fsp3) is 0.667. The zero-order chi connectivity index (χ0) is 15.1. The molecule has 1 fully saturated rings. The van der Waals surface area contributed by atoms with Crippen molar-refractivity contribution < 1.29 is 9.47 Å². The maximum absolute atomic E-state index is 5.62. The predicted octanol–water partition coefficient (Wildman–Crippen LogP) is 4.32. The number of benzene rings is 1. The number of hydrogen-bond acceptors (Lipinski definition) is 3. The minimum absolute atomic E-state index is 0.395. The van der Waals surface area contributed by atoms with E-state index >= 15 is 0 Å². The first-order valence-electron chi connectivity index (χ1n) is 8.25. The lowest BCUT2D eigenvalue weighted by Gasteiger charge is -2.32. The fourth-order valence-corrected chi connectivity index (χ4v) is 3.37. The highest BCUT2D eigenvalue weighted by atomic mass is 16.5. The van der Waals surface area contributed by atoms with Gasteiger partial charge in [0.1, 0.15) is 11.5 Å². The molecule has 1 aromatic carbocycles. The smallest absolute Gasteiger partial charge is 0.127 e. The fourth-order valence-electron chi connectivity index (χ4n) is 3.37. The van der Waals surface area contributed by atoms with Crippen molar-refractivity contribution in [3.63, 3.8) is 0 Å². The Morgan fingerprint density at radius 3 is 2.52 bits per heavy atom. The summed E-state index contributed by atoms with van der Waals surface area (Å²) in [4.78, 5) is 0. The van der Waals surface area contributed by atoms with E-state index in [1.54, 1.807) is 14.2 Å². The van der Waals surface area contributed by atoms with Crippen LogP contribution in [0.5, 0.6) is 11.5 Å². The Balaban J connectivity index is 2.25. The molecule has 21 heavy (non-hydrogen) atoms. The zero-order valence-electron chi connectivity index (χ0n) is 13.7. The molecule has 1 saturated carbocycles. The molecule has 2 rings (SSSR count). The van der Waals surface area contributed by atoms with E-state index in [-0.39, 0.29) is 0 Å². The molecule has 3 heteroatoms. The summed E-state index contributed by atoms with van der Waals surface area (Å²) in [5.74, 6) is 2.51. The van der Waals surface area contributed by atoms with Crippen molar-refractivity contribution in [1.29, 1.82) is 0 Å². The standard InChI is InChI=1S/C18H29NO2/c1-4-12-19-18(14-8-6-5-7-9-14)16-11-10-15(20-2)13-17(16)21-3/h10-11,13-14,18-19H,4-9,12H2,1-3H3. The van der Waals surface area contributed by atoms with Gasteiger partial charge in [-0.05, 0) is 37.8 Å². The second-order valence-corrected chi connectivity index (χ2v) is 5.94. The summed E-state index contributed by atoms with van der Waals surface area (Å²) < 4.78 is 10.9. The van der Waals surface area contributed by atoms with Gasteiger partial charge in [0.25, 0.3) is 0 Å². The van der Waals surface area contributed by atoms with Gasteiger partial charge in [0.05, 0.1) is 14.2 Å². The molecule has 0 aromatic heterocycles. The van der Waals surface area contributed by atoms with Crippen LogP contribution in [0.15, 0.2) is 18.2 Å². The molecule has 0 heterocycles. The molecule has 1 unspecified atom stereocenters. The van der Waals surface area contributed by atoms with E-state index in [1.807, 2.05) is 12.1 Å². The van der Waals surface area contributed by atoms with E-state index in [2.05, 4.69) is 18.3 Å². The summed E-state index contributed by atoms with van der Waals surface area (Å²) in [6, 6.07) is 6.60. The third-order valence-electron chi connectivity index (χ3n) is 4.51. The number of nitrogens with one attached hydrogen (secondary N) is 1. The molecule has 1 N–H and O–H groups in total. The van der Waals surface area contributed by atoms with Crippen molar-refractivity contribution in [2.45, 2.75) is 51.5 Å². The molecule has 0 spiro atoms. The number of methoxy groups -OCH3 is 2. The Hall–Kier alpha value is -1.22. The first-order valence-corrected chi connectivity index (χ1v) is 8.25. The first-order chi connectivity index (χ1) is 10.3. The molecular weight excluding hydrogens is 262 g/mol. The molecule has 3 nitrogen and oxygen atoms in total. The Kier molecular flexibility index (Phi) is 6.37. The van der Waals surface area contributed by atoms with E-state index in [0.717, 1.165) is 24.5 Å². The van der Waals surface area contributed by atoms with Crippen LogP contribution in [0.3, 0.4) is 0 Å². The SMILES string of the molecule is CCCNC(c1ccc(OC)cc1OC)C1CCCCC1. The van der Waals surface area contributed by atoms with Crippen LogP contribution < -0.4 is 14.8 Å². The van der Waals surface area contributed by atoms with Gasteiger partial charge in [-0.1, -0.05) is 32.3 Å². The third kappa shape index (κ3) is 4.13. The van der Waals surface area contributed by atoms with E-state index in [1.165, 1.54) is 37.7 Å². The summed E-state index contributed by atoms with van der Waals surface area (Å²) in [5.41, 5.74) is 1.28. The Bertz CT molecular complexity index is 427. The lowest BCUT2D eigenvalue weighted by Crippen LogP contribution is -2.30. The molecule has 0 saturated heterocycles. The van der Waals surface area contributed by atoms with Crippen LogP contribution in [-0.2, 0) is 0 Å². The van der Waals surface area contributed by atoms with Crippen molar-refractivity contribution in [3.8, 4) is 11.5 Å². The normalized spacial score (nSPS) is 17.5. The Morgan fingerprint density at radius 2 is 1.90 bits per heavy atom. The highest BCUT2D eigenvalue weighted by Crippen LogP contribution is 2.39. The summed E-state index contributed by atoms with van der Waals surface area (Å²) in [6.45, 7) is 3.27. The minimum atomic E-state index is 0.395. The molecule has 1 aliphatic rings. The van der Waals surface area contributed by atoms with Crippen molar-refractivity contribution >= 4 is 0 Å². The van der Waals surface area contributed by atoms with Crippen molar-refractivity contribution in [2.24, 2.45) is 5.92 Å². The lowest BCUT2D eigenvalue weighted by molar-refractivity contribution is 0.265. The van der Waals surface area contributed by atoms with Gasteiger partial charge >= 0.3 is 0 Å². The quantitative estimate of drug-likeness (QED) is 0.811. The van der Waals surface area contributed by atoms with E-state index < -0.39 is 0 Å². The highest BCUT2D eigenvalue weighted by Gasteiger charge is 2.27. The van der Waals surface area contributed by atoms with E-state index in [9.17, 15) is 0 Å². The summed E-state index contributed by atoms with van der Waals surface area (Å²) in [7, 11) is 3.44. The number of rotatable bonds is 7. The third-order valence-corrected chi connectivity index (χ3v) is 4.51. The predicted molar refractivity (Wildman–Crippen MR) is 87.2 cm³/mol. The van der Waals surface area contributed by atoms with Crippen LogP contribution in [0, 0.1) is 5.92 Å². The molecule has 0 radical (unpaired) electrons. The van der Waals surface area contributed by atoms with Crippen LogP contribution in [0.4, 0.5) is 0 Å². The van der Waals surface area contributed by atoms with Gasteiger partial charge in [-0.2, -0.15) is 0 Å². The molecule has 0 amide bonds. The van der Waals surface area contributed by atoms with Crippen molar-refractivity contribution in [1.82, 2.24) is 5.32 Å². The molecule has 0 bridgehead atoms. The van der Waals surface area contributed by atoms with Gasteiger partial charge in [0.2, 0.25) is 0 Å². The first kappa shape index (κ1) is 16.2. The summed E-state index contributed by atoms with van der Waals surface area (Å²) >= 11 is 0. The second-order valence-electron chi connectivity index (χ2n) is 5.94. The van der Waals surface area contributed by atoms with Crippen LogP contribution in [0.2, 0.25) is 0 Å². The Labute approximate surface area is 129 Å². The van der Waals surface area contributed by atoms with Crippen LogP contribution in [0.25, 0.3) is 0 Å². The molecule has 1 aliphatic carbocycles.